The van der Waals surface area contributed by atoms with Crippen molar-refractivity contribution in [1.29, 1.82) is 0 Å². The summed E-state index contributed by atoms with van der Waals surface area (Å²) in [5.41, 5.74) is 0. The Morgan fingerprint density at radius 2 is 1.08 bits per heavy atom. The van der Waals surface area contributed by atoms with E-state index in [1.165, 1.54) is 135 Å². The summed E-state index contributed by atoms with van der Waals surface area (Å²) in [5, 5.41) is 22.8. The highest BCUT2D eigenvalue weighted by Crippen LogP contribution is 2.14. The monoisotopic (exact) mass is 569 g/mol. The molecule has 39 heavy (non-hydrogen) atoms. The molecule has 4 nitrogen and oxygen atoms in total. The van der Waals surface area contributed by atoms with Gasteiger partial charge >= 0.3 is 0 Å². The predicted octanol–water partition coefficient (Wildman–Crippen LogP) is 9.47. The Kier molecular flexibility index (Phi) is 31.6. The van der Waals surface area contributed by atoms with Crippen LogP contribution in [0.1, 0.15) is 174 Å². The number of hydrogen-bond acceptors (Lipinski definition) is 4. The summed E-state index contributed by atoms with van der Waals surface area (Å²) < 4.78 is 0. The second-order valence-corrected chi connectivity index (χ2v) is 12.1. The molecule has 0 saturated carbocycles. The number of rotatable bonds is 31. The van der Waals surface area contributed by atoms with Crippen LogP contribution in [0.3, 0.4) is 0 Å². The maximum atomic E-state index is 12.3. The molecule has 0 aliphatic carbocycles. The Balaban J connectivity index is 3.62. The van der Waals surface area contributed by atoms with Gasteiger partial charge in [0.2, 0.25) is 5.91 Å². The summed E-state index contributed by atoms with van der Waals surface area (Å²) in [6, 6.07) is -0.617. The first kappa shape index (κ1) is 38.5. The molecule has 0 saturated heterocycles. The Hall–Kier alpha value is -0.520. The molecular weight excluding hydrogens is 502 g/mol. The average molecular weight is 570 g/mol. The molecule has 0 radical (unpaired) electrons. The predicted molar refractivity (Wildman–Crippen MR) is 174 cm³/mol. The molecule has 0 unspecified atom stereocenters. The van der Waals surface area contributed by atoms with E-state index in [0.29, 0.717) is 6.42 Å². The Morgan fingerprint density at radius 3 is 1.51 bits per heavy atom. The second kappa shape index (κ2) is 32.0. The molecule has 0 bridgehead atoms. The van der Waals surface area contributed by atoms with E-state index < -0.39 is 12.1 Å². The van der Waals surface area contributed by atoms with Crippen LogP contribution in [0, 0.1) is 0 Å². The van der Waals surface area contributed by atoms with Crippen molar-refractivity contribution in [2.45, 2.75) is 186 Å². The highest BCUT2D eigenvalue weighted by atomic mass is 32.1. The number of hydrogen-bond donors (Lipinski definition) is 4. The van der Waals surface area contributed by atoms with Gasteiger partial charge in [-0.05, 0) is 31.4 Å². The van der Waals surface area contributed by atoms with Crippen LogP contribution in [0.5, 0.6) is 0 Å². The van der Waals surface area contributed by atoms with Crippen LogP contribution in [0.15, 0.2) is 12.2 Å². The zero-order valence-corrected chi connectivity index (χ0v) is 26.8. The van der Waals surface area contributed by atoms with E-state index in [1.54, 1.807) is 6.08 Å². The SMILES string of the molecule is CCCCCCCCCCCCC/C=C/[C@@H](O)[C@H](CO)NC(=O)CCCCCCCCCCCCCCCS. The van der Waals surface area contributed by atoms with E-state index in [4.69, 9.17) is 0 Å². The molecule has 0 aliphatic rings. The quantitative estimate of drug-likeness (QED) is 0.0382. The van der Waals surface area contributed by atoms with E-state index in [0.717, 1.165) is 31.4 Å². The standard InChI is InChI=1S/C34H67NO3S/c1-2-3-4-5-6-7-8-10-13-16-19-22-25-28-33(37)32(31-36)35-34(38)29-26-23-20-17-14-11-9-12-15-18-21-24-27-30-39/h25,28,32-33,36-37,39H,2-24,26-27,29-31H2,1H3,(H,35,38)/b28-25+/t32-,33+/m0/s1. The summed E-state index contributed by atoms with van der Waals surface area (Å²) in [6.07, 6.45) is 35.4. The van der Waals surface area contributed by atoms with Gasteiger partial charge in [-0.25, -0.2) is 0 Å². The number of thiol groups is 1. The molecule has 2 atom stereocenters. The van der Waals surface area contributed by atoms with Gasteiger partial charge in [0.1, 0.15) is 0 Å². The van der Waals surface area contributed by atoms with E-state index in [-0.39, 0.29) is 12.5 Å². The fourth-order valence-corrected chi connectivity index (χ4v) is 5.38. The van der Waals surface area contributed by atoms with Crippen LogP contribution in [0.2, 0.25) is 0 Å². The van der Waals surface area contributed by atoms with Crippen molar-refractivity contribution < 1.29 is 15.0 Å². The van der Waals surface area contributed by atoms with Gasteiger partial charge in [0.15, 0.2) is 0 Å². The summed E-state index contributed by atoms with van der Waals surface area (Å²) in [4.78, 5) is 12.3. The smallest absolute Gasteiger partial charge is 0.220 e. The number of amides is 1. The fourth-order valence-electron chi connectivity index (χ4n) is 5.16. The van der Waals surface area contributed by atoms with Crippen molar-refractivity contribution in [1.82, 2.24) is 5.32 Å². The van der Waals surface area contributed by atoms with Gasteiger partial charge in [0.05, 0.1) is 18.8 Å². The normalized spacial score (nSPS) is 13.2. The van der Waals surface area contributed by atoms with Gasteiger partial charge in [-0.2, -0.15) is 12.6 Å². The van der Waals surface area contributed by atoms with Crippen molar-refractivity contribution in [2.24, 2.45) is 0 Å². The van der Waals surface area contributed by atoms with E-state index in [2.05, 4.69) is 24.9 Å². The number of aliphatic hydroxyl groups is 2. The molecule has 0 aromatic carbocycles. The van der Waals surface area contributed by atoms with E-state index in [1.807, 2.05) is 6.08 Å². The van der Waals surface area contributed by atoms with Gasteiger partial charge in [0.25, 0.3) is 0 Å². The second-order valence-electron chi connectivity index (χ2n) is 11.7. The number of carbonyl (C=O) groups excluding carboxylic acids is 1. The van der Waals surface area contributed by atoms with Crippen LogP contribution in [-0.4, -0.2) is 40.6 Å². The number of aliphatic hydroxyl groups excluding tert-OH is 2. The first-order valence-corrected chi connectivity index (χ1v) is 17.6. The maximum absolute atomic E-state index is 12.3. The molecule has 0 spiro atoms. The Bertz CT molecular complexity index is 529. The molecule has 0 aliphatic heterocycles. The van der Waals surface area contributed by atoms with Crippen molar-refractivity contribution in [3.8, 4) is 0 Å². The maximum Gasteiger partial charge on any atom is 0.220 e. The van der Waals surface area contributed by atoms with Gasteiger partial charge < -0.3 is 15.5 Å². The minimum atomic E-state index is -0.834. The lowest BCUT2D eigenvalue weighted by Gasteiger charge is -2.20. The molecule has 5 heteroatoms. The first-order chi connectivity index (χ1) is 19.2. The molecule has 0 heterocycles. The van der Waals surface area contributed by atoms with Gasteiger partial charge in [-0.15, -0.1) is 0 Å². The molecule has 0 rings (SSSR count). The molecule has 0 fully saturated rings. The zero-order valence-electron chi connectivity index (χ0n) is 25.9. The van der Waals surface area contributed by atoms with Gasteiger partial charge in [-0.3, -0.25) is 4.79 Å². The van der Waals surface area contributed by atoms with Crippen molar-refractivity contribution >= 4 is 18.5 Å². The molecule has 232 valence electrons. The molecule has 1 amide bonds. The summed E-state index contributed by atoms with van der Waals surface area (Å²) in [7, 11) is 0. The van der Waals surface area contributed by atoms with Gasteiger partial charge in [-0.1, -0.05) is 154 Å². The topological polar surface area (TPSA) is 69.6 Å². The van der Waals surface area contributed by atoms with Crippen LogP contribution in [-0.2, 0) is 4.79 Å². The fraction of sp³-hybridized carbons (Fsp3) is 0.912. The molecule has 0 aromatic heterocycles. The third kappa shape index (κ3) is 28.8. The van der Waals surface area contributed by atoms with E-state index in [9.17, 15) is 15.0 Å². The molecule has 3 N–H and O–H groups in total. The summed E-state index contributed by atoms with van der Waals surface area (Å²) >= 11 is 4.26. The number of allylic oxidation sites excluding steroid dienone is 1. The third-order valence-corrected chi connectivity index (χ3v) is 8.14. The minimum absolute atomic E-state index is 0.0683. The zero-order chi connectivity index (χ0) is 28.7. The average Bonchev–Trinajstić information content (AvgIpc) is 2.94. The van der Waals surface area contributed by atoms with Crippen LogP contribution in [0.4, 0.5) is 0 Å². The largest absolute Gasteiger partial charge is 0.394 e. The Morgan fingerprint density at radius 1 is 0.667 bits per heavy atom. The number of carbonyl (C=O) groups is 1. The molecule has 0 aromatic rings. The molecular formula is C34H67NO3S. The Labute approximate surface area is 249 Å². The minimum Gasteiger partial charge on any atom is -0.394 e. The van der Waals surface area contributed by atoms with Crippen molar-refractivity contribution in [3.05, 3.63) is 12.2 Å². The lowest BCUT2D eigenvalue weighted by atomic mass is 10.0. The van der Waals surface area contributed by atoms with Gasteiger partial charge in [0, 0.05) is 6.42 Å². The van der Waals surface area contributed by atoms with Crippen molar-refractivity contribution in [3.63, 3.8) is 0 Å². The lowest BCUT2D eigenvalue weighted by molar-refractivity contribution is -0.123. The van der Waals surface area contributed by atoms with Crippen LogP contribution < -0.4 is 5.32 Å². The highest BCUT2D eigenvalue weighted by Gasteiger charge is 2.17. The lowest BCUT2D eigenvalue weighted by Crippen LogP contribution is -2.45. The highest BCUT2D eigenvalue weighted by molar-refractivity contribution is 7.80. The van der Waals surface area contributed by atoms with Crippen molar-refractivity contribution in [2.75, 3.05) is 12.4 Å². The third-order valence-electron chi connectivity index (χ3n) is 7.82. The number of unbranched alkanes of at least 4 members (excludes halogenated alkanes) is 23. The first-order valence-electron chi connectivity index (χ1n) is 17.0. The van der Waals surface area contributed by atoms with E-state index >= 15 is 0 Å². The van der Waals surface area contributed by atoms with Crippen LogP contribution in [0.25, 0.3) is 0 Å². The summed E-state index contributed by atoms with van der Waals surface area (Å²) in [5.74, 6) is 0.954. The summed E-state index contributed by atoms with van der Waals surface area (Å²) in [6.45, 7) is 2.02. The van der Waals surface area contributed by atoms with Crippen LogP contribution >= 0.6 is 12.6 Å². The number of nitrogens with one attached hydrogen (secondary N) is 1.